The molecule has 0 saturated heterocycles. The molecule has 9 heteroatoms. The van der Waals surface area contributed by atoms with Crippen molar-refractivity contribution >= 4 is 0 Å². The third-order valence-electron chi connectivity index (χ3n) is 0. The molecule has 0 atom stereocenters. The molecule has 0 unspecified atom stereocenters. The van der Waals surface area contributed by atoms with Crippen molar-refractivity contribution in [3.05, 3.63) is 0 Å². The first-order valence-corrected chi connectivity index (χ1v) is 3.53. The molecule has 0 nitrogen and oxygen atoms in total. The van der Waals surface area contributed by atoms with Gasteiger partial charge in [0.25, 0.3) is 0 Å². The van der Waals surface area contributed by atoms with Crippen molar-refractivity contribution in [1.29, 1.82) is 0 Å². The van der Waals surface area contributed by atoms with Crippen LogP contribution < -0.4 is 103 Å². The fraction of sp³-hybridized carbons (Fsp3) is 0. The van der Waals surface area contributed by atoms with Crippen molar-refractivity contribution in [2.45, 2.75) is 0 Å². The van der Waals surface area contributed by atoms with Crippen LogP contribution in [0.5, 0.6) is 0 Å². The van der Waals surface area contributed by atoms with Crippen LogP contribution in [-0.4, -0.2) is 0 Å². The molecule has 0 N–H and O–H groups in total. The van der Waals surface area contributed by atoms with E-state index in [-0.39, 0.29) is 103 Å². The molecule has 0 amide bonds. The molecule has 0 aromatic carbocycles. The Hall–Kier alpha value is 3.37. The zero-order valence-corrected chi connectivity index (χ0v) is 12.1. The molecule has 0 bridgehead atoms. The molecule has 0 rings (SSSR count). The average molecular weight is 247 g/mol. The van der Waals surface area contributed by atoms with E-state index in [1.807, 2.05) is 0 Å². The Balaban J connectivity index is -0.000000180. The summed E-state index contributed by atoms with van der Waals surface area (Å²) >= 11 is -10.9. The van der Waals surface area contributed by atoms with Crippen molar-refractivity contribution in [2.75, 3.05) is 0 Å². The van der Waals surface area contributed by atoms with Crippen LogP contribution in [0, 0.1) is 0 Å². The average Bonchev–Trinajstić information content (AvgIpc) is 0.592. The Bertz CT molecular complexity index is 69.6. The third kappa shape index (κ3) is 87.8. The van der Waals surface area contributed by atoms with Gasteiger partial charge in [-0.2, -0.15) is 0 Å². The second kappa shape index (κ2) is 3.62. The Labute approximate surface area is 134 Å². The zero-order chi connectivity index (χ0) is 6.41. The first-order valence-electron chi connectivity index (χ1n) is 0.857. The van der Waals surface area contributed by atoms with Gasteiger partial charge in [0.2, 0.25) is 0 Å². The normalized spacial score (nSPS) is 18.0. The van der Waals surface area contributed by atoms with E-state index in [4.69, 9.17) is 0 Å². The first kappa shape index (κ1) is 18.2. The number of rotatable bonds is 0. The van der Waals surface area contributed by atoms with Gasteiger partial charge < -0.3 is 0 Å². The first-order chi connectivity index (χ1) is 2.45. The summed E-state index contributed by atoms with van der Waals surface area (Å²) in [4.78, 5) is 0. The van der Waals surface area contributed by atoms with Gasteiger partial charge in [-0.3, -0.25) is 0 Å². The summed E-state index contributed by atoms with van der Waals surface area (Å²) < 4.78 is 59.3. The second-order valence-electron chi connectivity index (χ2n) is 0.810. The van der Waals surface area contributed by atoms with Crippen LogP contribution in [-0.2, 0) is 13.5 Å². The number of hydrogen-bond acceptors (Lipinski definition) is 0. The summed E-state index contributed by atoms with van der Waals surface area (Å²) in [5, 5.41) is 0. The van der Waals surface area contributed by atoms with Gasteiger partial charge in [-0.05, 0) is 0 Å². The second-order valence-corrected chi connectivity index (χ2v) is 3.34. The molecule has 0 spiro atoms. The molecule has 0 saturated carbocycles. The van der Waals surface area contributed by atoms with Gasteiger partial charge in [-0.25, -0.2) is 0 Å². The van der Waals surface area contributed by atoms with Crippen molar-refractivity contribution in [1.82, 2.24) is 0 Å². The van der Waals surface area contributed by atoms with E-state index in [0.29, 0.717) is 0 Å². The molecule has 0 fully saturated rings. The van der Waals surface area contributed by atoms with Crippen molar-refractivity contribution in [3.63, 3.8) is 0 Å². The molecule has 0 radical (unpaired) electrons. The van der Waals surface area contributed by atoms with Crippen LogP contribution in [0.3, 0.4) is 0 Å². The van der Waals surface area contributed by atoms with Crippen LogP contribution in [0.2, 0.25) is 0 Å². The van der Waals surface area contributed by atoms with E-state index in [1.54, 1.807) is 0 Å². The largest absolute Gasteiger partial charge is 1.00 e. The summed E-state index contributed by atoms with van der Waals surface area (Å²) in [6, 6.07) is 0. The summed E-state index contributed by atoms with van der Waals surface area (Å²) in [6.07, 6.45) is 0. The summed E-state index contributed by atoms with van der Waals surface area (Å²) in [7, 11) is 0. The quantitative estimate of drug-likeness (QED) is 0.308. The van der Waals surface area contributed by atoms with Gasteiger partial charge in [0.1, 0.15) is 0 Å². The smallest absolute Gasteiger partial charge is 1.00 e. The SMILES string of the molecule is [F][Mn-2]([F])([F])([F])([F])[F].[K+].[K+]. The third-order valence-corrected chi connectivity index (χ3v) is 0. The van der Waals surface area contributed by atoms with E-state index in [9.17, 15) is 21.3 Å². The molecule has 0 aromatic heterocycles. The van der Waals surface area contributed by atoms with E-state index < -0.39 is 13.5 Å². The van der Waals surface area contributed by atoms with E-state index in [2.05, 4.69) is 0 Å². The fourth-order valence-corrected chi connectivity index (χ4v) is 0. The molecule has 0 heterocycles. The standard InChI is InChI=1S/6FH.2K.Mn/h6*1H;;;/q;;;;;;2*+1;+4/p-6. The number of hydrogen-bond donors (Lipinski definition) is 0. The summed E-state index contributed by atoms with van der Waals surface area (Å²) in [5.41, 5.74) is 0. The van der Waals surface area contributed by atoms with E-state index in [1.165, 1.54) is 0 Å². The van der Waals surface area contributed by atoms with Gasteiger partial charge in [0.15, 0.2) is 0 Å². The fourth-order valence-electron chi connectivity index (χ4n) is 0. The topological polar surface area (TPSA) is 0 Å². The maximum Gasteiger partial charge on any atom is 1.00 e. The summed E-state index contributed by atoms with van der Waals surface area (Å²) in [6.45, 7) is 0. The summed E-state index contributed by atoms with van der Waals surface area (Å²) in [5.74, 6) is 0. The molecule has 0 aromatic rings. The molecule has 0 aliphatic rings. The van der Waals surface area contributed by atoms with Gasteiger partial charge in [0, 0.05) is 0 Å². The molecular weight excluding hydrogens is 247 g/mol. The predicted molar refractivity (Wildman–Crippen MR) is 6.65 cm³/mol. The van der Waals surface area contributed by atoms with Crippen LogP contribution in [0.1, 0.15) is 0 Å². The van der Waals surface area contributed by atoms with Crippen LogP contribution in [0.25, 0.3) is 0 Å². The van der Waals surface area contributed by atoms with Gasteiger partial charge >= 0.3 is 138 Å². The Kier molecular flexibility index (Phi) is 7.34. The van der Waals surface area contributed by atoms with E-state index in [0.717, 1.165) is 0 Å². The molecule has 0 aliphatic carbocycles. The van der Waals surface area contributed by atoms with Crippen molar-refractivity contribution in [3.8, 4) is 0 Å². The molecule has 51 valence electrons. The Morgan fingerprint density at radius 2 is 0.556 bits per heavy atom. The van der Waals surface area contributed by atoms with Gasteiger partial charge in [0.05, 0.1) is 0 Å². The van der Waals surface area contributed by atoms with Gasteiger partial charge in [-0.1, -0.05) is 0 Å². The minimum absolute atomic E-state index is 0. The minimum atomic E-state index is -10.9. The molecular formula is F6K2Mn. The Morgan fingerprint density at radius 1 is 0.556 bits per heavy atom. The van der Waals surface area contributed by atoms with Crippen LogP contribution in [0.4, 0.5) is 21.3 Å². The minimum Gasteiger partial charge on any atom is 1.00 e. The zero-order valence-electron chi connectivity index (χ0n) is 4.65. The molecule has 0 aliphatic heterocycles. The van der Waals surface area contributed by atoms with Crippen LogP contribution >= 0.6 is 0 Å². The maximum atomic E-state index is 9.89. The predicted octanol–water partition coefficient (Wildman–Crippen LogP) is -3.47. The number of halogens is 6. The van der Waals surface area contributed by atoms with Crippen molar-refractivity contribution < 1.29 is 138 Å². The van der Waals surface area contributed by atoms with Gasteiger partial charge in [-0.15, -0.1) is 0 Å². The monoisotopic (exact) mass is 247 g/mol. The van der Waals surface area contributed by atoms with Crippen LogP contribution in [0.15, 0.2) is 0 Å². The van der Waals surface area contributed by atoms with Crippen molar-refractivity contribution in [2.24, 2.45) is 0 Å². The van der Waals surface area contributed by atoms with E-state index >= 15 is 0 Å². The maximum absolute atomic E-state index is 10.9. The molecule has 9 heavy (non-hydrogen) atoms. The Morgan fingerprint density at radius 3 is 0.556 bits per heavy atom.